The van der Waals surface area contributed by atoms with Crippen molar-refractivity contribution in [3.05, 3.63) is 12.2 Å². The van der Waals surface area contributed by atoms with Gasteiger partial charge in [0.25, 0.3) is 0 Å². The van der Waals surface area contributed by atoms with Crippen LogP contribution in [0.5, 0.6) is 0 Å². The smallest absolute Gasteiger partial charge is 0.140 e. The minimum Gasteiger partial charge on any atom is -0.396 e. The minimum atomic E-state index is 0.160. The highest BCUT2D eigenvalue weighted by atomic mass is 16.3. The first-order valence-corrected chi connectivity index (χ1v) is 4.63. The maximum atomic E-state index is 11.5. The molecule has 0 aliphatic heterocycles. The zero-order valence-electron chi connectivity index (χ0n) is 7.07. The van der Waals surface area contributed by atoms with Gasteiger partial charge in [0.15, 0.2) is 0 Å². The van der Waals surface area contributed by atoms with E-state index in [1.165, 1.54) is 0 Å². The van der Waals surface area contributed by atoms with Gasteiger partial charge in [-0.05, 0) is 24.7 Å². The predicted molar refractivity (Wildman–Crippen MR) is 45.6 cm³/mol. The van der Waals surface area contributed by atoms with Crippen LogP contribution in [0.4, 0.5) is 0 Å². The van der Waals surface area contributed by atoms with E-state index in [-0.39, 0.29) is 18.4 Å². The Bertz CT molecular complexity index is 220. The summed E-state index contributed by atoms with van der Waals surface area (Å²) in [6.45, 7) is 0.160. The molecule has 1 N–H and O–H groups in total. The third-order valence-electron chi connectivity index (χ3n) is 3.12. The zero-order valence-corrected chi connectivity index (χ0v) is 7.07. The molecule has 0 aromatic rings. The van der Waals surface area contributed by atoms with Crippen molar-refractivity contribution in [3.63, 3.8) is 0 Å². The number of hydrogen-bond donors (Lipinski definition) is 1. The molecule has 0 heterocycles. The first-order chi connectivity index (χ1) is 5.81. The largest absolute Gasteiger partial charge is 0.396 e. The van der Waals surface area contributed by atoms with Crippen molar-refractivity contribution in [2.75, 3.05) is 6.61 Å². The van der Waals surface area contributed by atoms with Gasteiger partial charge in [0.05, 0.1) is 0 Å². The second-order valence-electron chi connectivity index (χ2n) is 3.85. The van der Waals surface area contributed by atoms with Crippen molar-refractivity contribution in [1.29, 1.82) is 0 Å². The summed E-state index contributed by atoms with van der Waals surface area (Å²) in [6, 6.07) is 0. The van der Waals surface area contributed by atoms with Gasteiger partial charge >= 0.3 is 0 Å². The molecule has 3 aliphatic carbocycles. The van der Waals surface area contributed by atoms with Gasteiger partial charge in [-0.25, -0.2) is 0 Å². The van der Waals surface area contributed by atoms with E-state index in [1.807, 2.05) is 6.08 Å². The van der Waals surface area contributed by atoms with Crippen LogP contribution in [-0.2, 0) is 4.79 Å². The lowest BCUT2D eigenvalue weighted by Crippen LogP contribution is -2.16. The highest BCUT2D eigenvalue weighted by Gasteiger charge is 2.32. The number of allylic oxidation sites excluding steroid dienone is 2. The minimum absolute atomic E-state index is 0.160. The quantitative estimate of drug-likeness (QED) is 0.593. The number of fused-ring (bicyclic) bond motifs is 3. The van der Waals surface area contributed by atoms with Crippen LogP contribution in [0.25, 0.3) is 0 Å². The maximum absolute atomic E-state index is 11.5. The number of hydrogen-bond acceptors (Lipinski definition) is 2. The van der Waals surface area contributed by atoms with Gasteiger partial charge in [-0.2, -0.15) is 0 Å². The van der Waals surface area contributed by atoms with Gasteiger partial charge in [0.2, 0.25) is 0 Å². The fraction of sp³-hybridized carbons (Fsp3) is 0.700. The molecule has 0 unspecified atom stereocenters. The van der Waals surface area contributed by atoms with Crippen molar-refractivity contribution in [2.24, 2.45) is 17.8 Å². The highest BCUT2D eigenvalue weighted by molar-refractivity contribution is 5.83. The molecule has 2 bridgehead atoms. The third kappa shape index (κ3) is 1.20. The van der Waals surface area contributed by atoms with Crippen molar-refractivity contribution in [1.82, 2.24) is 0 Å². The Kier molecular flexibility index (Phi) is 2.01. The van der Waals surface area contributed by atoms with Crippen LogP contribution < -0.4 is 0 Å². The first kappa shape index (κ1) is 7.99. The molecule has 12 heavy (non-hydrogen) atoms. The van der Waals surface area contributed by atoms with Crippen LogP contribution in [0.2, 0.25) is 0 Å². The molecule has 2 heteroatoms. The summed E-state index contributed by atoms with van der Waals surface area (Å²) in [4.78, 5) is 11.5. The SMILES string of the molecule is O=C1C[C@H](CO)[C@H]2C=C[C@H]1CC2. The molecule has 0 saturated heterocycles. The van der Waals surface area contributed by atoms with Crippen LogP contribution in [0, 0.1) is 17.8 Å². The molecule has 66 valence electrons. The normalized spacial score (nSPS) is 40.1. The summed E-state index contributed by atoms with van der Waals surface area (Å²) in [5, 5.41) is 9.07. The summed E-state index contributed by atoms with van der Waals surface area (Å²) < 4.78 is 0. The lowest BCUT2D eigenvalue weighted by atomic mass is 9.86. The second-order valence-corrected chi connectivity index (χ2v) is 3.85. The van der Waals surface area contributed by atoms with Crippen LogP contribution >= 0.6 is 0 Å². The number of ketones is 1. The average molecular weight is 166 g/mol. The van der Waals surface area contributed by atoms with E-state index in [1.54, 1.807) is 0 Å². The Balaban J connectivity index is 2.22. The van der Waals surface area contributed by atoms with Gasteiger partial charge in [-0.1, -0.05) is 12.2 Å². The maximum Gasteiger partial charge on any atom is 0.140 e. The molecule has 0 aromatic heterocycles. The van der Waals surface area contributed by atoms with Gasteiger partial charge in [0.1, 0.15) is 5.78 Å². The van der Waals surface area contributed by atoms with Crippen molar-refractivity contribution < 1.29 is 9.90 Å². The van der Waals surface area contributed by atoms with Crippen LogP contribution in [0.15, 0.2) is 12.2 Å². The number of aliphatic hydroxyl groups excluding tert-OH is 1. The summed E-state index contributed by atoms with van der Waals surface area (Å²) >= 11 is 0. The number of rotatable bonds is 1. The molecule has 2 nitrogen and oxygen atoms in total. The molecule has 0 amide bonds. The van der Waals surface area contributed by atoms with Gasteiger partial charge in [-0.3, -0.25) is 4.79 Å². The molecule has 0 radical (unpaired) electrons. The number of carbonyl (C=O) groups excluding carboxylic acids is 1. The molecule has 3 rings (SSSR count). The zero-order chi connectivity index (χ0) is 8.55. The molecule has 1 fully saturated rings. The van der Waals surface area contributed by atoms with E-state index in [0.29, 0.717) is 18.1 Å². The van der Waals surface area contributed by atoms with Crippen molar-refractivity contribution >= 4 is 5.78 Å². The van der Waals surface area contributed by atoms with E-state index in [9.17, 15) is 4.79 Å². The fourth-order valence-electron chi connectivity index (χ4n) is 2.26. The first-order valence-electron chi connectivity index (χ1n) is 4.63. The highest BCUT2D eigenvalue weighted by Crippen LogP contribution is 2.35. The monoisotopic (exact) mass is 166 g/mol. The topological polar surface area (TPSA) is 37.3 Å². The molecule has 0 aromatic carbocycles. The molecular formula is C10H14O2. The van der Waals surface area contributed by atoms with E-state index >= 15 is 0 Å². The number of Topliss-reactive ketones (excluding diaryl/α,β-unsaturated/α-hetero) is 1. The van der Waals surface area contributed by atoms with Gasteiger partial charge in [0, 0.05) is 18.9 Å². The summed E-state index contributed by atoms with van der Waals surface area (Å²) in [7, 11) is 0. The molecule has 0 spiro atoms. The number of carbonyl (C=O) groups is 1. The Morgan fingerprint density at radius 2 is 2.25 bits per heavy atom. The van der Waals surface area contributed by atoms with Crippen LogP contribution in [-0.4, -0.2) is 17.5 Å². The third-order valence-corrected chi connectivity index (χ3v) is 3.12. The molecule has 3 atom stereocenters. The standard InChI is InChI=1S/C10H14O2/c11-6-9-5-10(12)8-3-1-7(9)2-4-8/h1,3,7-9,11H,2,4-6H2/t7-,8-,9+/m0/s1. The average Bonchev–Trinajstić information content (AvgIpc) is 2.36. The summed E-state index contributed by atoms with van der Waals surface area (Å²) in [6.07, 6.45) is 6.82. The molecular weight excluding hydrogens is 152 g/mol. The van der Waals surface area contributed by atoms with Crippen molar-refractivity contribution in [3.8, 4) is 0 Å². The summed E-state index contributed by atoms with van der Waals surface area (Å²) in [5.74, 6) is 1.14. The lowest BCUT2D eigenvalue weighted by molar-refractivity contribution is -0.122. The van der Waals surface area contributed by atoms with E-state index in [2.05, 4.69) is 6.08 Å². The van der Waals surface area contributed by atoms with E-state index in [4.69, 9.17) is 5.11 Å². The Morgan fingerprint density at radius 3 is 2.83 bits per heavy atom. The molecule has 1 saturated carbocycles. The van der Waals surface area contributed by atoms with Crippen LogP contribution in [0.3, 0.4) is 0 Å². The number of aliphatic hydroxyl groups is 1. The summed E-state index contributed by atoms with van der Waals surface area (Å²) in [5.41, 5.74) is 0. The molecule has 3 aliphatic rings. The fourth-order valence-corrected chi connectivity index (χ4v) is 2.26. The van der Waals surface area contributed by atoms with Crippen LogP contribution in [0.1, 0.15) is 19.3 Å². The lowest BCUT2D eigenvalue weighted by Gasteiger charge is -2.20. The van der Waals surface area contributed by atoms with E-state index in [0.717, 1.165) is 12.8 Å². The Morgan fingerprint density at radius 1 is 1.42 bits per heavy atom. The Labute approximate surface area is 72.3 Å². The second kappa shape index (κ2) is 3.02. The van der Waals surface area contributed by atoms with Gasteiger partial charge in [-0.15, -0.1) is 0 Å². The van der Waals surface area contributed by atoms with Gasteiger partial charge < -0.3 is 5.11 Å². The van der Waals surface area contributed by atoms with E-state index < -0.39 is 0 Å². The van der Waals surface area contributed by atoms with Crippen molar-refractivity contribution in [2.45, 2.75) is 19.3 Å². The Hall–Kier alpha value is -0.630. The predicted octanol–water partition coefficient (Wildman–Crippen LogP) is 1.15.